The molecular weight excluding hydrogens is 304 g/mol. The first-order valence-electron chi connectivity index (χ1n) is 6.95. The second-order valence-corrected chi connectivity index (χ2v) is 6.10. The number of amides is 1. The van der Waals surface area contributed by atoms with Crippen molar-refractivity contribution in [1.82, 2.24) is 5.32 Å². The van der Waals surface area contributed by atoms with Crippen LogP contribution in [0.15, 0.2) is 28.7 Å². The van der Waals surface area contributed by atoms with Crippen LogP contribution in [0.3, 0.4) is 0 Å². The second kappa shape index (κ2) is 6.53. The van der Waals surface area contributed by atoms with E-state index in [1.807, 2.05) is 24.3 Å². The van der Waals surface area contributed by atoms with Crippen LogP contribution in [0, 0.1) is 5.41 Å². The molecule has 2 N–H and O–H groups in total. The first-order chi connectivity index (χ1) is 9.18. The standard InChI is InChI=1S/C15H21BrN2O/c1-2-8-15(9-5-10-17-11-15)14(19)18-13-7-4-3-6-12(13)16/h3-4,6-7,17H,2,5,8-11H2,1H3,(H,18,19). The minimum absolute atomic E-state index is 0.147. The third-order valence-electron chi connectivity index (χ3n) is 3.80. The fourth-order valence-electron chi connectivity index (χ4n) is 2.78. The highest BCUT2D eigenvalue weighted by Gasteiger charge is 2.38. The topological polar surface area (TPSA) is 41.1 Å². The van der Waals surface area contributed by atoms with Gasteiger partial charge in [0.1, 0.15) is 0 Å². The maximum atomic E-state index is 12.7. The molecule has 2 rings (SSSR count). The number of piperidine rings is 1. The number of nitrogens with one attached hydrogen (secondary N) is 2. The van der Waals surface area contributed by atoms with E-state index in [4.69, 9.17) is 0 Å². The van der Waals surface area contributed by atoms with Gasteiger partial charge in [-0.3, -0.25) is 4.79 Å². The summed E-state index contributed by atoms with van der Waals surface area (Å²) < 4.78 is 0.929. The number of benzene rings is 1. The summed E-state index contributed by atoms with van der Waals surface area (Å²) in [6, 6.07) is 7.76. The van der Waals surface area contributed by atoms with Crippen LogP contribution < -0.4 is 10.6 Å². The number of halogens is 1. The fraction of sp³-hybridized carbons (Fsp3) is 0.533. The predicted octanol–water partition coefficient (Wildman–Crippen LogP) is 3.56. The summed E-state index contributed by atoms with van der Waals surface area (Å²) in [4.78, 5) is 12.7. The van der Waals surface area contributed by atoms with Crippen LogP contribution in [0.5, 0.6) is 0 Å². The summed E-state index contributed by atoms with van der Waals surface area (Å²) in [6.45, 7) is 3.95. The molecule has 1 amide bonds. The summed E-state index contributed by atoms with van der Waals surface area (Å²) in [7, 11) is 0. The van der Waals surface area contributed by atoms with Crippen molar-refractivity contribution in [1.29, 1.82) is 0 Å². The highest BCUT2D eigenvalue weighted by molar-refractivity contribution is 9.10. The first kappa shape index (κ1) is 14.5. The third-order valence-corrected chi connectivity index (χ3v) is 4.50. The van der Waals surface area contributed by atoms with E-state index in [-0.39, 0.29) is 11.3 Å². The molecule has 1 atom stereocenters. The second-order valence-electron chi connectivity index (χ2n) is 5.24. The summed E-state index contributed by atoms with van der Waals surface area (Å²) >= 11 is 3.48. The zero-order chi connectivity index (χ0) is 13.7. The van der Waals surface area contributed by atoms with Crippen LogP contribution in [0.2, 0.25) is 0 Å². The van der Waals surface area contributed by atoms with Crippen molar-refractivity contribution in [3.8, 4) is 0 Å². The van der Waals surface area contributed by atoms with Crippen LogP contribution in [0.4, 0.5) is 5.69 Å². The number of carbonyl (C=O) groups excluding carboxylic acids is 1. The van der Waals surface area contributed by atoms with E-state index in [9.17, 15) is 4.79 Å². The largest absolute Gasteiger partial charge is 0.325 e. The molecule has 1 aliphatic heterocycles. The van der Waals surface area contributed by atoms with Gasteiger partial charge in [0.2, 0.25) is 5.91 Å². The smallest absolute Gasteiger partial charge is 0.231 e. The van der Waals surface area contributed by atoms with Crippen molar-refractivity contribution >= 4 is 27.5 Å². The van der Waals surface area contributed by atoms with E-state index >= 15 is 0 Å². The first-order valence-corrected chi connectivity index (χ1v) is 7.74. The Bertz CT molecular complexity index is 436. The molecule has 3 nitrogen and oxygen atoms in total. The molecule has 1 unspecified atom stereocenters. The molecule has 0 radical (unpaired) electrons. The molecule has 0 aromatic heterocycles. The van der Waals surface area contributed by atoms with Gasteiger partial charge in [0.05, 0.1) is 11.1 Å². The van der Waals surface area contributed by atoms with Crippen LogP contribution in [0.25, 0.3) is 0 Å². The van der Waals surface area contributed by atoms with Gasteiger partial charge in [0, 0.05) is 11.0 Å². The molecule has 1 fully saturated rings. The lowest BCUT2D eigenvalue weighted by Crippen LogP contribution is -2.48. The molecule has 1 aromatic rings. The minimum atomic E-state index is -0.248. The van der Waals surface area contributed by atoms with Gasteiger partial charge in [-0.2, -0.15) is 0 Å². The van der Waals surface area contributed by atoms with Gasteiger partial charge >= 0.3 is 0 Å². The quantitative estimate of drug-likeness (QED) is 0.889. The lowest BCUT2D eigenvalue weighted by Gasteiger charge is -2.36. The average Bonchev–Trinajstić information content (AvgIpc) is 2.42. The van der Waals surface area contributed by atoms with Crippen molar-refractivity contribution in [2.24, 2.45) is 5.41 Å². The Kier molecular flexibility index (Phi) is 4.99. The molecule has 1 heterocycles. The molecule has 4 heteroatoms. The molecule has 104 valence electrons. The Balaban J connectivity index is 2.14. The lowest BCUT2D eigenvalue weighted by atomic mass is 9.76. The Morgan fingerprint density at radius 2 is 2.26 bits per heavy atom. The van der Waals surface area contributed by atoms with Crippen LogP contribution in [-0.4, -0.2) is 19.0 Å². The van der Waals surface area contributed by atoms with E-state index in [1.54, 1.807) is 0 Å². The van der Waals surface area contributed by atoms with E-state index in [1.165, 1.54) is 0 Å². The van der Waals surface area contributed by atoms with Crippen LogP contribution >= 0.6 is 15.9 Å². The predicted molar refractivity (Wildman–Crippen MR) is 82.2 cm³/mol. The number of para-hydroxylation sites is 1. The van der Waals surface area contributed by atoms with Crippen molar-refractivity contribution in [2.45, 2.75) is 32.6 Å². The van der Waals surface area contributed by atoms with Gasteiger partial charge in [-0.25, -0.2) is 0 Å². The summed E-state index contributed by atoms with van der Waals surface area (Å²) in [5.74, 6) is 0.147. The molecule has 1 aromatic carbocycles. The molecule has 0 aliphatic carbocycles. The summed E-state index contributed by atoms with van der Waals surface area (Å²) in [5.41, 5.74) is 0.607. The van der Waals surface area contributed by atoms with Crippen molar-refractivity contribution < 1.29 is 4.79 Å². The molecule has 0 bridgehead atoms. The van der Waals surface area contributed by atoms with Gasteiger partial charge in [0.25, 0.3) is 0 Å². The highest BCUT2D eigenvalue weighted by Crippen LogP contribution is 2.34. The van der Waals surface area contributed by atoms with E-state index < -0.39 is 0 Å². The Hall–Kier alpha value is -0.870. The van der Waals surface area contributed by atoms with Gasteiger partial charge in [-0.15, -0.1) is 0 Å². The van der Waals surface area contributed by atoms with E-state index in [2.05, 4.69) is 33.5 Å². The fourth-order valence-corrected chi connectivity index (χ4v) is 3.17. The molecule has 0 saturated carbocycles. The van der Waals surface area contributed by atoms with Gasteiger partial charge in [-0.1, -0.05) is 25.5 Å². The molecular formula is C15H21BrN2O. The highest BCUT2D eigenvalue weighted by atomic mass is 79.9. The van der Waals surface area contributed by atoms with E-state index in [0.717, 1.165) is 48.9 Å². The zero-order valence-corrected chi connectivity index (χ0v) is 12.9. The summed E-state index contributed by atoms with van der Waals surface area (Å²) in [5, 5.41) is 6.45. The minimum Gasteiger partial charge on any atom is -0.325 e. The molecule has 1 saturated heterocycles. The van der Waals surface area contributed by atoms with Gasteiger partial charge in [-0.05, 0) is 53.9 Å². The Morgan fingerprint density at radius 1 is 1.47 bits per heavy atom. The van der Waals surface area contributed by atoms with Crippen molar-refractivity contribution in [3.05, 3.63) is 28.7 Å². The van der Waals surface area contributed by atoms with Crippen LogP contribution in [0.1, 0.15) is 32.6 Å². The molecule has 19 heavy (non-hydrogen) atoms. The SMILES string of the molecule is CCCC1(C(=O)Nc2ccccc2Br)CCCNC1. The molecule has 1 aliphatic rings. The number of carbonyl (C=O) groups is 1. The van der Waals surface area contributed by atoms with E-state index in [0.29, 0.717) is 0 Å². The maximum absolute atomic E-state index is 12.7. The van der Waals surface area contributed by atoms with Crippen molar-refractivity contribution in [3.63, 3.8) is 0 Å². The van der Waals surface area contributed by atoms with Gasteiger partial charge in [0.15, 0.2) is 0 Å². The Morgan fingerprint density at radius 3 is 2.89 bits per heavy atom. The number of rotatable bonds is 4. The Labute approximate surface area is 123 Å². The third kappa shape index (κ3) is 3.37. The van der Waals surface area contributed by atoms with Crippen LogP contribution in [-0.2, 0) is 4.79 Å². The average molecular weight is 325 g/mol. The number of anilines is 1. The summed E-state index contributed by atoms with van der Waals surface area (Å²) in [6.07, 6.45) is 4.02. The molecule has 0 spiro atoms. The maximum Gasteiger partial charge on any atom is 0.231 e. The normalized spacial score (nSPS) is 23.1. The monoisotopic (exact) mass is 324 g/mol. The number of hydrogen-bond acceptors (Lipinski definition) is 2. The van der Waals surface area contributed by atoms with Gasteiger partial charge < -0.3 is 10.6 Å². The lowest BCUT2D eigenvalue weighted by molar-refractivity contribution is -0.127. The number of hydrogen-bond donors (Lipinski definition) is 2. The van der Waals surface area contributed by atoms with Crippen molar-refractivity contribution in [2.75, 3.05) is 18.4 Å². The zero-order valence-electron chi connectivity index (χ0n) is 11.3.